The van der Waals surface area contributed by atoms with Gasteiger partial charge in [0.05, 0.1) is 12.1 Å². The smallest absolute Gasteiger partial charge is 0.370 e. The van der Waals surface area contributed by atoms with Crippen molar-refractivity contribution in [3.63, 3.8) is 0 Å². The highest BCUT2D eigenvalue weighted by atomic mass is 32.2. The minimum absolute atomic E-state index is 0.0479. The van der Waals surface area contributed by atoms with Crippen LogP contribution in [-0.4, -0.2) is 79.4 Å². The molecule has 4 aliphatic heterocycles. The van der Waals surface area contributed by atoms with E-state index in [-0.39, 0.29) is 19.0 Å². The Morgan fingerprint density at radius 3 is 2.62 bits per heavy atom. The van der Waals surface area contributed by atoms with E-state index in [9.17, 15) is 21.6 Å². The molecule has 4 aliphatic rings. The fraction of sp³-hybridized carbons (Fsp3) is 0.750. The molecule has 0 aliphatic carbocycles. The molecule has 0 aromatic rings. The van der Waals surface area contributed by atoms with Crippen LogP contribution in [0.3, 0.4) is 0 Å². The van der Waals surface area contributed by atoms with Crippen molar-refractivity contribution in [3.8, 4) is 0 Å². The molecule has 0 saturated carbocycles. The first kappa shape index (κ1) is 18.1. The average Bonchev–Trinajstić information content (AvgIpc) is 2.99. The van der Waals surface area contributed by atoms with E-state index in [0.717, 1.165) is 26.2 Å². The molecule has 1 N–H and O–H groups in total. The van der Waals surface area contributed by atoms with Gasteiger partial charge in [-0.15, -0.1) is 0 Å². The lowest BCUT2D eigenvalue weighted by atomic mass is 9.95. The van der Waals surface area contributed by atoms with Crippen LogP contribution in [-0.2, 0) is 10.0 Å². The summed E-state index contributed by atoms with van der Waals surface area (Å²) in [7, 11) is -5.19. The molecule has 4 rings (SSSR count). The van der Waals surface area contributed by atoms with Crippen LogP contribution in [0, 0.1) is 5.92 Å². The Balaban J connectivity index is 1.33. The van der Waals surface area contributed by atoms with Gasteiger partial charge in [0.15, 0.2) is 0 Å². The Bertz CT molecular complexity index is 713. The molecule has 0 aromatic heterocycles. The zero-order chi connectivity index (χ0) is 18.5. The van der Waals surface area contributed by atoms with Crippen molar-refractivity contribution in [2.75, 3.05) is 39.3 Å². The standard InChI is InChI=1S/C16H23F3N4O2S/c17-16(18,19)26(24,25)22-6-4-12(5-7-22)9-21-10-13-2-1-3-15-20-8-14(11-21)23(13)15/h1-3,12-14,20H,4-11H2. The minimum atomic E-state index is -5.20. The van der Waals surface area contributed by atoms with E-state index in [1.165, 1.54) is 5.82 Å². The van der Waals surface area contributed by atoms with Crippen LogP contribution in [0.15, 0.2) is 24.0 Å². The summed E-state index contributed by atoms with van der Waals surface area (Å²) in [5, 5.41) is 3.42. The SMILES string of the molecule is O=S(=O)(N1CCC(CN2CC3C=CC=C4NCC(C2)N43)CC1)C(F)(F)F. The zero-order valence-corrected chi connectivity index (χ0v) is 15.1. The van der Waals surface area contributed by atoms with E-state index in [1.807, 2.05) is 0 Å². The maximum Gasteiger partial charge on any atom is 0.511 e. The fourth-order valence-corrected chi connectivity index (χ4v) is 5.49. The zero-order valence-electron chi connectivity index (χ0n) is 14.3. The van der Waals surface area contributed by atoms with Gasteiger partial charge in [0.1, 0.15) is 5.82 Å². The van der Waals surface area contributed by atoms with Crippen LogP contribution in [0.2, 0.25) is 0 Å². The molecule has 0 aromatic carbocycles. The first-order chi connectivity index (χ1) is 12.3. The predicted octanol–water partition coefficient (Wildman–Crippen LogP) is 0.917. The van der Waals surface area contributed by atoms with Crippen LogP contribution in [0.5, 0.6) is 0 Å². The van der Waals surface area contributed by atoms with Crippen molar-refractivity contribution < 1.29 is 21.6 Å². The molecule has 10 heteroatoms. The molecule has 4 heterocycles. The molecule has 26 heavy (non-hydrogen) atoms. The molecule has 2 atom stereocenters. The fourth-order valence-electron chi connectivity index (χ4n) is 4.50. The first-order valence-corrected chi connectivity index (χ1v) is 10.4. The summed E-state index contributed by atoms with van der Waals surface area (Å²) in [6.45, 7) is 3.45. The second-order valence-corrected chi connectivity index (χ2v) is 9.39. The third kappa shape index (κ3) is 3.11. The average molecular weight is 392 g/mol. The molecule has 6 nitrogen and oxygen atoms in total. The summed E-state index contributed by atoms with van der Waals surface area (Å²) < 4.78 is 61.6. The van der Waals surface area contributed by atoms with Gasteiger partial charge in [-0.2, -0.15) is 17.5 Å². The maximum absolute atomic E-state index is 12.7. The quantitative estimate of drug-likeness (QED) is 0.774. The van der Waals surface area contributed by atoms with Crippen molar-refractivity contribution in [1.82, 2.24) is 19.4 Å². The molecule has 0 amide bonds. The normalized spacial score (nSPS) is 30.9. The lowest BCUT2D eigenvalue weighted by Gasteiger charge is -2.45. The van der Waals surface area contributed by atoms with Gasteiger partial charge < -0.3 is 10.2 Å². The number of piperidine rings is 1. The summed E-state index contributed by atoms with van der Waals surface area (Å²) in [5.41, 5.74) is -5.20. The van der Waals surface area contributed by atoms with E-state index < -0.39 is 15.5 Å². The second kappa shape index (κ2) is 6.42. The number of hydrogen-bond donors (Lipinski definition) is 1. The van der Waals surface area contributed by atoms with Gasteiger partial charge in [0.2, 0.25) is 0 Å². The van der Waals surface area contributed by atoms with E-state index in [4.69, 9.17) is 0 Å². The van der Waals surface area contributed by atoms with Crippen LogP contribution in [0.4, 0.5) is 13.2 Å². The van der Waals surface area contributed by atoms with Crippen molar-refractivity contribution in [3.05, 3.63) is 24.0 Å². The maximum atomic E-state index is 12.7. The highest BCUT2D eigenvalue weighted by molar-refractivity contribution is 7.90. The molecule has 2 unspecified atom stereocenters. The molecule has 0 spiro atoms. The van der Waals surface area contributed by atoms with Crippen molar-refractivity contribution in [2.45, 2.75) is 30.4 Å². The number of alkyl halides is 3. The van der Waals surface area contributed by atoms with Crippen LogP contribution in [0.1, 0.15) is 12.8 Å². The van der Waals surface area contributed by atoms with Crippen molar-refractivity contribution in [1.29, 1.82) is 0 Å². The number of sulfonamides is 1. The van der Waals surface area contributed by atoms with Gasteiger partial charge in [-0.1, -0.05) is 12.2 Å². The predicted molar refractivity (Wildman–Crippen MR) is 90.4 cm³/mol. The molecule has 3 fully saturated rings. The summed E-state index contributed by atoms with van der Waals surface area (Å²) in [4.78, 5) is 4.79. The molecule has 0 radical (unpaired) electrons. The summed E-state index contributed by atoms with van der Waals surface area (Å²) in [5.74, 6) is 1.41. The lowest BCUT2D eigenvalue weighted by Crippen LogP contribution is -2.57. The number of rotatable bonds is 3. The number of allylic oxidation sites excluding steroid dienone is 2. The van der Waals surface area contributed by atoms with Crippen molar-refractivity contribution >= 4 is 10.0 Å². The Hall–Kier alpha value is -1.26. The highest BCUT2D eigenvalue weighted by Crippen LogP contribution is 2.32. The molecule has 146 valence electrons. The Labute approximate surface area is 151 Å². The lowest BCUT2D eigenvalue weighted by molar-refractivity contribution is -0.0498. The topological polar surface area (TPSA) is 55.9 Å². The van der Waals surface area contributed by atoms with Gasteiger partial charge in [-0.05, 0) is 24.8 Å². The van der Waals surface area contributed by atoms with Gasteiger partial charge in [-0.3, -0.25) is 4.90 Å². The highest BCUT2D eigenvalue weighted by Gasteiger charge is 2.50. The second-order valence-electron chi connectivity index (χ2n) is 7.46. The Kier molecular flexibility index (Phi) is 4.47. The monoisotopic (exact) mass is 392 g/mol. The molecule has 3 saturated heterocycles. The largest absolute Gasteiger partial charge is 0.511 e. The van der Waals surface area contributed by atoms with Crippen LogP contribution < -0.4 is 5.32 Å². The molecular formula is C16H23F3N4O2S. The summed E-state index contributed by atoms with van der Waals surface area (Å²) in [6.07, 6.45) is 7.29. The third-order valence-corrected chi connectivity index (χ3v) is 7.40. The van der Waals surface area contributed by atoms with E-state index in [1.54, 1.807) is 0 Å². The number of halogens is 3. The van der Waals surface area contributed by atoms with Crippen LogP contribution >= 0.6 is 0 Å². The summed E-state index contributed by atoms with van der Waals surface area (Å²) >= 11 is 0. The van der Waals surface area contributed by atoms with E-state index in [2.05, 4.69) is 33.3 Å². The van der Waals surface area contributed by atoms with Crippen molar-refractivity contribution in [2.24, 2.45) is 5.92 Å². The molecular weight excluding hydrogens is 369 g/mol. The van der Waals surface area contributed by atoms with E-state index >= 15 is 0 Å². The number of nitrogens with one attached hydrogen (secondary N) is 1. The van der Waals surface area contributed by atoms with Gasteiger partial charge in [0, 0.05) is 39.3 Å². The number of nitrogens with zero attached hydrogens (tertiary/aromatic N) is 3. The molecule has 0 bridgehead atoms. The van der Waals surface area contributed by atoms with Crippen LogP contribution in [0.25, 0.3) is 0 Å². The Morgan fingerprint density at radius 2 is 1.92 bits per heavy atom. The van der Waals surface area contributed by atoms with Gasteiger partial charge >= 0.3 is 15.5 Å². The van der Waals surface area contributed by atoms with Gasteiger partial charge in [-0.25, -0.2) is 8.42 Å². The number of piperazine rings is 1. The van der Waals surface area contributed by atoms with Gasteiger partial charge in [0.25, 0.3) is 0 Å². The summed E-state index contributed by atoms with van der Waals surface area (Å²) in [6, 6.07) is 0.741. The number of hydrogen-bond acceptors (Lipinski definition) is 5. The third-order valence-electron chi connectivity index (χ3n) is 5.77. The van der Waals surface area contributed by atoms with E-state index in [0.29, 0.717) is 29.2 Å². The first-order valence-electron chi connectivity index (χ1n) is 8.95. The Morgan fingerprint density at radius 1 is 1.19 bits per heavy atom. The minimum Gasteiger partial charge on any atom is -0.370 e.